The van der Waals surface area contributed by atoms with Crippen LogP contribution in [0.15, 0.2) is 53.1 Å². The summed E-state index contributed by atoms with van der Waals surface area (Å²) in [5.74, 6) is -0.518. The maximum absolute atomic E-state index is 13.2. The van der Waals surface area contributed by atoms with Crippen molar-refractivity contribution in [2.45, 2.75) is 37.9 Å². The van der Waals surface area contributed by atoms with Crippen LogP contribution in [0.2, 0.25) is 0 Å². The molecular weight excluding hydrogens is 468 g/mol. The summed E-state index contributed by atoms with van der Waals surface area (Å²) in [5.41, 5.74) is -0.0313. The largest absolute Gasteiger partial charge is 0.416 e. The first kappa shape index (κ1) is 24.4. The van der Waals surface area contributed by atoms with Crippen LogP contribution in [-0.2, 0) is 22.2 Å². The van der Waals surface area contributed by atoms with Crippen LogP contribution in [0.3, 0.4) is 0 Å². The molecule has 2 amide bonds. The van der Waals surface area contributed by atoms with Gasteiger partial charge in [-0.25, -0.2) is 4.39 Å². The van der Waals surface area contributed by atoms with E-state index in [-0.39, 0.29) is 42.6 Å². The van der Waals surface area contributed by atoms with Gasteiger partial charge in [0.25, 0.3) is 0 Å². The molecule has 0 saturated carbocycles. The number of carbonyl (C=O) groups excluding carboxylic acids is 2. The molecule has 11 heteroatoms. The zero-order valence-electron chi connectivity index (χ0n) is 18.5. The Bertz CT molecular complexity index is 1190. The molecule has 1 fully saturated rings. The molecule has 1 aliphatic rings. The highest BCUT2D eigenvalue weighted by Crippen LogP contribution is 2.31. The van der Waals surface area contributed by atoms with Crippen molar-refractivity contribution in [2.24, 2.45) is 0 Å². The Morgan fingerprint density at radius 1 is 1.17 bits per heavy atom. The number of hydrogen-bond donors (Lipinski definition) is 1. The summed E-state index contributed by atoms with van der Waals surface area (Å²) >= 11 is 0. The number of nitrogens with zero attached hydrogens (tertiary/aromatic N) is 3. The van der Waals surface area contributed by atoms with E-state index < -0.39 is 29.5 Å². The number of halogens is 4. The van der Waals surface area contributed by atoms with E-state index in [0.29, 0.717) is 24.9 Å². The second kappa shape index (κ2) is 10.2. The van der Waals surface area contributed by atoms with Crippen molar-refractivity contribution in [1.29, 1.82) is 0 Å². The van der Waals surface area contributed by atoms with E-state index in [1.54, 1.807) is 0 Å². The number of likely N-dealkylation sites (tertiary alicyclic amines) is 1. The number of hydrogen-bond acceptors (Lipinski definition) is 5. The molecule has 7 nitrogen and oxygen atoms in total. The molecule has 2 aromatic carbocycles. The van der Waals surface area contributed by atoms with Gasteiger partial charge in [0.2, 0.25) is 23.5 Å². The van der Waals surface area contributed by atoms with Gasteiger partial charge in [0.05, 0.1) is 11.6 Å². The average molecular weight is 490 g/mol. The summed E-state index contributed by atoms with van der Waals surface area (Å²) in [6, 6.07) is 9.41. The maximum atomic E-state index is 13.2. The molecule has 0 spiro atoms. The van der Waals surface area contributed by atoms with Crippen LogP contribution in [0.5, 0.6) is 0 Å². The Morgan fingerprint density at radius 2 is 1.94 bits per heavy atom. The zero-order valence-corrected chi connectivity index (χ0v) is 18.5. The number of carbonyl (C=O) groups is 2. The van der Waals surface area contributed by atoms with Gasteiger partial charge in [0, 0.05) is 37.9 Å². The number of nitrogens with one attached hydrogen (secondary N) is 1. The summed E-state index contributed by atoms with van der Waals surface area (Å²) in [6.45, 7) is 0.555. The van der Waals surface area contributed by atoms with Gasteiger partial charge in [0.1, 0.15) is 5.82 Å². The van der Waals surface area contributed by atoms with Crippen molar-refractivity contribution < 1.29 is 31.7 Å². The van der Waals surface area contributed by atoms with Crippen LogP contribution in [0, 0.1) is 5.82 Å². The van der Waals surface area contributed by atoms with Gasteiger partial charge in [-0.1, -0.05) is 17.3 Å². The van der Waals surface area contributed by atoms with Crippen molar-refractivity contribution in [3.8, 4) is 11.4 Å². The molecule has 35 heavy (non-hydrogen) atoms. The molecule has 4 rings (SSSR count). The van der Waals surface area contributed by atoms with Crippen LogP contribution < -0.4 is 5.32 Å². The van der Waals surface area contributed by atoms with Crippen LogP contribution >= 0.6 is 0 Å². The molecule has 0 aliphatic carbocycles. The summed E-state index contributed by atoms with van der Waals surface area (Å²) in [5, 5.41) is 6.56. The minimum absolute atomic E-state index is 0.0611. The molecule has 1 aromatic heterocycles. The lowest BCUT2D eigenvalue weighted by molar-refractivity contribution is -0.137. The van der Waals surface area contributed by atoms with Crippen LogP contribution in [0.4, 0.5) is 17.6 Å². The van der Waals surface area contributed by atoms with E-state index in [1.807, 2.05) is 0 Å². The van der Waals surface area contributed by atoms with Crippen LogP contribution in [0.1, 0.15) is 42.3 Å². The van der Waals surface area contributed by atoms with Gasteiger partial charge in [-0.3, -0.25) is 9.59 Å². The molecule has 2 heterocycles. The minimum Gasteiger partial charge on any atom is -0.347 e. The zero-order chi connectivity index (χ0) is 25.0. The van der Waals surface area contributed by atoms with Gasteiger partial charge >= 0.3 is 6.18 Å². The van der Waals surface area contributed by atoms with Crippen molar-refractivity contribution in [2.75, 3.05) is 13.1 Å². The second-order valence-corrected chi connectivity index (χ2v) is 8.21. The summed E-state index contributed by atoms with van der Waals surface area (Å²) in [6.07, 6.45) is -3.47. The average Bonchev–Trinajstić information content (AvgIpc) is 3.46. The number of alkyl halides is 3. The standard InChI is InChI=1S/C24H22F4N4O3/c25-18-8-6-15(7-9-18)23-30-21(35-31-23)11-10-20(33)29-19(14-32-12-2-5-22(32)34)16-3-1-4-17(13-16)24(26,27)28/h1,3-4,6-9,13,19H,2,5,10-12,14H2,(H,29,33)/t19-/m0/s1. The second-order valence-electron chi connectivity index (χ2n) is 8.21. The number of rotatable bonds is 8. The van der Waals surface area contributed by atoms with Crippen molar-refractivity contribution >= 4 is 11.8 Å². The van der Waals surface area contributed by atoms with E-state index in [1.165, 1.54) is 41.3 Å². The van der Waals surface area contributed by atoms with Crippen LogP contribution in [-0.4, -0.2) is 39.9 Å². The molecule has 3 aromatic rings. The number of aromatic nitrogens is 2. The summed E-state index contributed by atoms with van der Waals surface area (Å²) in [4.78, 5) is 30.5. The van der Waals surface area contributed by atoms with Gasteiger partial charge in [-0.15, -0.1) is 0 Å². The molecule has 1 aliphatic heterocycles. The fraction of sp³-hybridized carbons (Fsp3) is 0.333. The highest BCUT2D eigenvalue weighted by Gasteiger charge is 2.32. The first-order valence-corrected chi connectivity index (χ1v) is 11.0. The lowest BCUT2D eigenvalue weighted by Gasteiger charge is -2.25. The summed E-state index contributed by atoms with van der Waals surface area (Å²) in [7, 11) is 0. The SMILES string of the molecule is O=C(CCc1nc(-c2ccc(F)cc2)no1)N[C@@H](CN1CCCC1=O)c1cccc(C(F)(F)F)c1. The van der Waals surface area contributed by atoms with E-state index in [9.17, 15) is 27.2 Å². The van der Waals surface area contributed by atoms with Gasteiger partial charge in [-0.05, 0) is 48.4 Å². The molecule has 1 saturated heterocycles. The molecular formula is C24H22F4N4O3. The number of amides is 2. The smallest absolute Gasteiger partial charge is 0.347 e. The Kier molecular flexibility index (Phi) is 7.13. The third kappa shape index (κ3) is 6.23. The third-order valence-corrected chi connectivity index (χ3v) is 5.66. The van der Waals surface area contributed by atoms with Gasteiger partial charge in [-0.2, -0.15) is 18.2 Å². The normalized spacial score (nSPS) is 14.9. The minimum atomic E-state index is -4.53. The highest BCUT2D eigenvalue weighted by molar-refractivity contribution is 5.79. The first-order chi connectivity index (χ1) is 16.7. The maximum Gasteiger partial charge on any atom is 0.416 e. The molecule has 0 radical (unpaired) electrons. The first-order valence-electron chi connectivity index (χ1n) is 11.0. The predicted molar refractivity (Wildman–Crippen MR) is 116 cm³/mol. The fourth-order valence-electron chi connectivity index (χ4n) is 3.84. The highest BCUT2D eigenvalue weighted by atomic mass is 19.4. The lowest BCUT2D eigenvalue weighted by atomic mass is 10.0. The van der Waals surface area contributed by atoms with Crippen molar-refractivity contribution in [1.82, 2.24) is 20.4 Å². The van der Waals surface area contributed by atoms with E-state index >= 15 is 0 Å². The quantitative estimate of drug-likeness (QED) is 0.476. The predicted octanol–water partition coefficient (Wildman–Crippen LogP) is 4.31. The Labute approximate surface area is 198 Å². The van der Waals surface area contributed by atoms with Gasteiger partial charge < -0.3 is 14.7 Å². The van der Waals surface area contributed by atoms with Crippen molar-refractivity contribution in [3.63, 3.8) is 0 Å². The fourth-order valence-corrected chi connectivity index (χ4v) is 3.84. The third-order valence-electron chi connectivity index (χ3n) is 5.66. The Hall–Kier alpha value is -3.76. The Morgan fingerprint density at radius 3 is 2.63 bits per heavy atom. The Balaban J connectivity index is 1.43. The molecule has 0 bridgehead atoms. The topological polar surface area (TPSA) is 88.3 Å². The van der Waals surface area contributed by atoms with E-state index in [4.69, 9.17) is 4.52 Å². The van der Waals surface area contributed by atoms with Crippen molar-refractivity contribution in [3.05, 3.63) is 71.4 Å². The summed E-state index contributed by atoms with van der Waals surface area (Å²) < 4.78 is 57.9. The van der Waals surface area contributed by atoms with Gasteiger partial charge in [0.15, 0.2) is 0 Å². The lowest BCUT2D eigenvalue weighted by Crippen LogP contribution is -2.38. The number of benzene rings is 2. The monoisotopic (exact) mass is 490 g/mol. The van der Waals surface area contributed by atoms with Crippen LogP contribution in [0.25, 0.3) is 11.4 Å². The molecule has 0 unspecified atom stereocenters. The molecule has 1 atom stereocenters. The molecule has 1 N–H and O–H groups in total. The van der Waals surface area contributed by atoms with E-state index in [2.05, 4.69) is 15.5 Å². The van der Waals surface area contributed by atoms with E-state index in [0.717, 1.165) is 12.1 Å². The molecule has 184 valence electrons. The number of aryl methyl sites for hydroxylation is 1.